The highest BCUT2D eigenvalue weighted by Gasteiger charge is 2.60. The maximum absolute atomic E-state index is 10.3. The summed E-state index contributed by atoms with van der Waals surface area (Å²) in [7, 11) is 0. The van der Waals surface area contributed by atoms with Crippen LogP contribution in [0.4, 0.5) is 0 Å². The molecule has 0 aliphatic heterocycles. The van der Waals surface area contributed by atoms with Gasteiger partial charge in [-0.25, -0.2) is 0 Å². The molecule has 3 unspecified atom stereocenters. The summed E-state index contributed by atoms with van der Waals surface area (Å²) in [5.41, 5.74) is 6.44. The normalized spacial score (nSPS) is 50.0. The fourth-order valence-electron chi connectivity index (χ4n) is 10.4. The number of hydrogen-bond acceptors (Lipinski definition) is 1. The molecule has 5 aliphatic carbocycles. The first-order chi connectivity index (χ1) is 14.5. The SMILES string of the molecule is CC1=C(C(C)C)[C@]1(C)C[C@@H](C)[C@H]1CCC2C3CC=C4C[C@@H](O)CC[C@]4(C)C3CC[C@@]21C. The number of hydrogen-bond donors (Lipinski definition) is 1. The molecule has 0 saturated heterocycles. The Kier molecular flexibility index (Phi) is 5.18. The van der Waals surface area contributed by atoms with Gasteiger partial charge in [0.15, 0.2) is 0 Å². The van der Waals surface area contributed by atoms with E-state index in [9.17, 15) is 5.11 Å². The molecule has 3 fully saturated rings. The van der Waals surface area contributed by atoms with Crippen molar-refractivity contribution in [3.05, 3.63) is 22.8 Å². The molecule has 31 heavy (non-hydrogen) atoms. The smallest absolute Gasteiger partial charge is 0.0577 e. The molecule has 174 valence electrons. The lowest BCUT2D eigenvalue weighted by Gasteiger charge is -2.58. The zero-order chi connectivity index (χ0) is 22.3. The molecule has 5 aliphatic rings. The third-order valence-corrected chi connectivity index (χ3v) is 11.9. The summed E-state index contributed by atoms with van der Waals surface area (Å²) < 4.78 is 0. The zero-order valence-corrected chi connectivity index (χ0v) is 21.4. The van der Waals surface area contributed by atoms with E-state index in [1.54, 1.807) is 16.7 Å². The Morgan fingerprint density at radius 2 is 1.74 bits per heavy atom. The average molecular weight is 425 g/mol. The van der Waals surface area contributed by atoms with Crippen molar-refractivity contribution >= 4 is 0 Å². The molecule has 9 atom stereocenters. The van der Waals surface area contributed by atoms with Gasteiger partial charge in [0, 0.05) is 5.41 Å². The fourth-order valence-corrected chi connectivity index (χ4v) is 10.4. The Labute approximate surface area is 192 Å². The van der Waals surface area contributed by atoms with Crippen molar-refractivity contribution in [2.24, 2.45) is 51.8 Å². The van der Waals surface area contributed by atoms with Gasteiger partial charge in [0.1, 0.15) is 0 Å². The minimum Gasteiger partial charge on any atom is -0.393 e. The average Bonchev–Trinajstić information content (AvgIpc) is 3.04. The maximum atomic E-state index is 10.3. The van der Waals surface area contributed by atoms with Crippen LogP contribution in [0.3, 0.4) is 0 Å². The van der Waals surface area contributed by atoms with Crippen LogP contribution in [0.15, 0.2) is 22.8 Å². The van der Waals surface area contributed by atoms with Crippen LogP contribution in [0.25, 0.3) is 0 Å². The molecule has 0 aromatic heterocycles. The number of aliphatic hydroxyl groups is 1. The summed E-state index contributed by atoms with van der Waals surface area (Å²) in [6, 6.07) is 0. The van der Waals surface area contributed by atoms with Crippen molar-refractivity contribution in [1.82, 2.24) is 0 Å². The first kappa shape index (κ1) is 22.2. The monoisotopic (exact) mass is 424 g/mol. The van der Waals surface area contributed by atoms with Crippen LogP contribution in [0.2, 0.25) is 0 Å². The van der Waals surface area contributed by atoms with E-state index in [-0.39, 0.29) is 6.10 Å². The lowest BCUT2D eigenvalue weighted by Crippen LogP contribution is -2.50. The molecular weight excluding hydrogens is 376 g/mol. The van der Waals surface area contributed by atoms with E-state index in [1.807, 2.05) is 0 Å². The third kappa shape index (κ3) is 3.11. The highest BCUT2D eigenvalue weighted by molar-refractivity contribution is 5.47. The lowest BCUT2D eigenvalue weighted by molar-refractivity contribution is -0.0580. The zero-order valence-electron chi connectivity index (χ0n) is 21.4. The molecule has 1 nitrogen and oxygen atoms in total. The van der Waals surface area contributed by atoms with Gasteiger partial charge in [-0.3, -0.25) is 0 Å². The van der Waals surface area contributed by atoms with E-state index in [4.69, 9.17) is 0 Å². The van der Waals surface area contributed by atoms with Crippen molar-refractivity contribution in [3.8, 4) is 0 Å². The lowest BCUT2D eigenvalue weighted by atomic mass is 9.47. The van der Waals surface area contributed by atoms with Gasteiger partial charge in [0.05, 0.1) is 6.10 Å². The van der Waals surface area contributed by atoms with Gasteiger partial charge in [-0.2, -0.15) is 0 Å². The van der Waals surface area contributed by atoms with Crippen molar-refractivity contribution in [3.63, 3.8) is 0 Å². The highest BCUT2D eigenvalue weighted by Crippen LogP contribution is 2.68. The second kappa shape index (κ2) is 7.22. The first-order valence-corrected chi connectivity index (χ1v) is 13.6. The molecule has 5 rings (SSSR count). The number of rotatable bonds is 4. The van der Waals surface area contributed by atoms with E-state index in [2.05, 4.69) is 54.5 Å². The van der Waals surface area contributed by atoms with Gasteiger partial charge in [0.2, 0.25) is 0 Å². The molecule has 0 aromatic rings. The van der Waals surface area contributed by atoms with Gasteiger partial charge in [0.25, 0.3) is 0 Å². The number of allylic oxidation sites excluding steroid dienone is 3. The second-order valence-corrected chi connectivity index (χ2v) is 13.6. The molecule has 0 amide bonds. The Morgan fingerprint density at radius 1 is 1.00 bits per heavy atom. The van der Waals surface area contributed by atoms with E-state index in [0.29, 0.717) is 16.2 Å². The quantitative estimate of drug-likeness (QED) is 0.454. The summed E-state index contributed by atoms with van der Waals surface area (Å²) >= 11 is 0. The summed E-state index contributed by atoms with van der Waals surface area (Å²) in [4.78, 5) is 0. The summed E-state index contributed by atoms with van der Waals surface area (Å²) in [6.07, 6.45) is 14.2. The van der Waals surface area contributed by atoms with E-state index in [0.717, 1.165) is 48.3 Å². The van der Waals surface area contributed by atoms with Crippen LogP contribution in [0.5, 0.6) is 0 Å². The van der Waals surface area contributed by atoms with Gasteiger partial charge in [-0.1, -0.05) is 64.3 Å². The van der Waals surface area contributed by atoms with Crippen molar-refractivity contribution in [2.75, 3.05) is 0 Å². The van der Waals surface area contributed by atoms with Crippen LogP contribution in [-0.2, 0) is 0 Å². The van der Waals surface area contributed by atoms with Gasteiger partial charge in [-0.15, -0.1) is 0 Å². The van der Waals surface area contributed by atoms with Crippen LogP contribution in [-0.4, -0.2) is 11.2 Å². The van der Waals surface area contributed by atoms with E-state index >= 15 is 0 Å². The third-order valence-electron chi connectivity index (χ3n) is 11.9. The Bertz CT molecular complexity index is 803. The highest BCUT2D eigenvalue weighted by atomic mass is 16.3. The molecule has 0 radical (unpaired) electrons. The maximum Gasteiger partial charge on any atom is 0.0577 e. The van der Waals surface area contributed by atoms with Gasteiger partial charge in [-0.05, 0) is 111 Å². The van der Waals surface area contributed by atoms with Crippen LogP contribution >= 0.6 is 0 Å². The molecule has 0 aromatic carbocycles. The standard InChI is InChI=1S/C30H48O/c1-18(2)27-20(4)30(27,7)17-19(3)24-10-11-25-23-9-8-21-16-22(31)12-14-28(21,5)26(23)13-15-29(24,25)6/h8,18-19,22-26,31H,9-17H2,1-7H3/t19-,22+,23?,24-,25?,26?,28+,29-,30-/m1/s1. The Morgan fingerprint density at radius 3 is 2.42 bits per heavy atom. The Hall–Kier alpha value is -0.560. The molecule has 0 heterocycles. The molecule has 0 bridgehead atoms. The molecule has 1 N–H and O–H groups in total. The van der Waals surface area contributed by atoms with Crippen LogP contribution in [0.1, 0.15) is 106 Å². The van der Waals surface area contributed by atoms with Crippen LogP contribution in [0, 0.1) is 51.8 Å². The van der Waals surface area contributed by atoms with Crippen molar-refractivity contribution in [2.45, 2.75) is 112 Å². The molecule has 0 spiro atoms. The van der Waals surface area contributed by atoms with Crippen molar-refractivity contribution < 1.29 is 5.11 Å². The Balaban J connectivity index is 1.34. The predicted octanol–water partition coefficient (Wildman–Crippen LogP) is 7.94. The topological polar surface area (TPSA) is 20.2 Å². The van der Waals surface area contributed by atoms with Crippen LogP contribution < -0.4 is 0 Å². The van der Waals surface area contributed by atoms with Gasteiger partial charge < -0.3 is 5.11 Å². The van der Waals surface area contributed by atoms with Crippen molar-refractivity contribution in [1.29, 1.82) is 0 Å². The number of aliphatic hydroxyl groups excluding tert-OH is 1. The molecule has 1 heteroatoms. The summed E-state index contributed by atoms with van der Waals surface area (Å²) in [5, 5.41) is 10.3. The fraction of sp³-hybridized carbons (Fsp3) is 0.867. The molecular formula is C30H48O. The predicted molar refractivity (Wildman–Crippen MR) is 131 cm³/mol. The largest absolute Gasteiger partial charge is 0.393 e. The number of fused-ring (bicyclic) bond motifs is 5. The first-order valence-electron chi connectivity index (χ1n) is 13.6. The summed E-state index contributed by atoms with van der Waals surface area (Å²) in [6.45, 7) is 17.6. The van der Waals surface area contributed by atoms with E-state index < -0.39 is 0 Å². The molecule has 3 saturated carbocycles. The minimum atomic E-state index is -0.0852. The second-order valence-electron chi connectivity index (χ2n) is 13.6. The van der Waals surface area contributed by atoms with Gasteiger partial charge >= 0.3 is 0 Å². The summed E-state index contributed by atoms with van der Waals surface area (Å²) in [5.74, 6) is 5.14. The minimum absolute atomic E-state index is 0.0852. The van der Waals surface area contributed by atoms with E-state index in [1.165, 1.54) is 44.9 Å².